The summed E-state index contributed by atoms with van der Waals surface area (Å²) in [6, 6.07) is 11.4. The van der Waals surface area contributed by atoms with Gasteiger partial charge in [-0.25, -0.2) is 14.4 Å². The normalized spacial score (nSPS) is 16.2. The average Bonchev–Trinajstić information content (AvgIpc) is 2.82. The lowest BCUT2D eigenvalue weighted by atomic mass is 9.79. The first-order chi connectivity index (χ1) is 16.9. The van der Waals surface area contributed by atoms with E-state index in [0.717, 1.165) is 31.6 Å². The molecule has 2 aliphatic rings. The maximum atomic E-state index is 14.9. The summed E-state index contributed by atoms with van der Waals surface area (Å²) < 4.78 is 14.9. The quantitative estimate of drug-likeness (QED) is 0.399. The monoisotopic (exact) mass is 475 g/mol. The number of carbonyl (C=O) groups excluding carboxylic acids is 1. The van der Waals surface area contributed by atoms with Crippen LogP contribution in [0.25, 0.3) is 0 Å². The van der Waals surface area contributed by atoms with E-state index in [1.54, 1.807) is 18.2 Å². The highest BCUT2D eigenvalue weighted by Gasteiger charge is 2.40. The van der Waals surface area contributed by atoms with Gasteiger partial charge in [0.25, 0.3) is 5.91 Å². The number of pyridine rings is 1. The largest absolute Gasteiger partial charge is 0.350 e. The van der Waals surface area contributed by atoms with E-state index in [0.29, 0.717) is 36.1 Å². The van der Waals surface area contributed by atoms with Crippen molar-refractivity contribution in [2.75, 3.05) is 17.2 Å². The number of carbonyl (C=O) groups is 1. The third-order valence-electron chi connectivity index (χ3n) is 6.40. The minimum Gasteiger partial charge on any atom is -0.350 e. The summed E-state index contributed by atoms with van der Waals surface area (Å²) in [6.45, 7) is 5.58. The van der Waals surface area contributed by atoms with Crippen LogP contribution >= 0.6 is 0 Å². The second kappa shape index (κ2) is 9.58. The third-order valence-corrected chi connectivity index (χ3v) is 6.40. The van der Waals surface area contributed by atoms with Crippen molar-refractivity contribution in [3.05, 3.63) is 65.0 Å². The SMILES string of the molecule is CC(C)NC(=O)c1cnc(Nc2ccc3c(c2)CNCC3)nc1Nc1cccc(C2(F)CCC2)n1. The number of halogens is 1. The first-order valence-electron chi connectivity index (χ1n) is 12.1. The van der Waals surface area contributed by atoms with Crippen LogP contribution in [0.2, 0.25) is 0 Å². The van der Waals surface area contributed by atoms with Crippen LogP contribution < -0.4 is 21.3 Å². The van der Waals surface area contributed by atoms with Gasteiger partial charge in [-0.15, -0.1) is 0 Å². The number of alkyl halides is 1. The van der Waals surface area contributed by atoms with Crippen LogP contribution in [0, 0.1) is 0 Å². The molecule has 0 unspecified atom stereocenters. The van der Waals surface area contributed by atoms with Gasteiger partial charge in [-0.3, -0.25) is 4.79 Å². The minimum absolute atomic E-state index is 0.0521. The third kappa shape index (κ3) is 5.09. The van der Waals surface area contributed by atoms with Crippen molar-refractivity contribution < 1.29 is 9.18 Å². The van der Waals surface area contributed by atoms with Crippen molar-refractivity contribution in [2.24, 2.45) is 0 Å². The minimum atomic E-state index is -1.38. The molecule has 4 N–H and O–H groups in total. The Morgan fingerprint density at radius 3 is 2.74 bits per heavy atom. The van der Waals surface area contributed by atoms with E-state index < -0.39 is 5.67 Å². The van der Waals surface area contributed by atoms with Gasteiger partial charge >= 0.3 is 0 Å². The van der Waals surface area contributed by atoms with Gasteiger partial charge in [0, 0.05) is 24.5 Å². The Morgan fingerprint density at radius 1 is 1.11 bits per heavy atom. The highest BCUT2D eigenvalue weighted by atomic mass is 19.1. The Balaban J connectivity index is 1.44. The van der Waals surface area contributed by atoms with Crippen molar-refractivity contribution in [3.63, 3.8) is 0 Å². The number of nitrogens with one attached hydrogen (secondary N) is 4. The Hall–Kier alpha value is -3.59. The lowest BCUT2D eigenvalue weighted by Gasteiger charge is -2.33. The molecule has 1 aromatic carbocycles. The number of amides is 1. The van der Waals surface area contributed by atoms with Crippen molar-refractivity contribution in [2.45, 2.75) is 57.8 Å². The number of aromatic nitrogens is 3. The standard InChI is InChI=1S/C26H30FN7O/c1-16(2)30-24(35)20-15-29-25(31-19-8-7-17-9-12-28-14-18(17)13-19)34-23(20)33-22-6-3-5-21(32-22)26(27)10-4-11-26/h3,5-8,13,15-16,28H,4,9-12,14H2,1-2H3,(H,30,35)(H2,29,31,32,33,34). The maximum Gasteiger partial charge on any atom is 0.256 e. The van der Waals surface area contributed by atoms with Gasteiger partial charge in [0.15, 0.2) is 5.67 Å². The Morgan fingerprint density at radius 2 is 1.97 bits per heavy atom. The van der Waals surface area contributed by atoms with E-state index in [1.165, 1.54) is 17.3 Å². The smallest absolute Gasteiger partial charge is 0.256 e. The fourth-order valence-electron chi connectivity index (χ4n) is 4.35. The van der Waals surface area contributed by atoms with Gasteiger partial charge in [-0.05, 0) is 81.5 Å². The number of rotatable bonds is 7. The summed E-state index contributed by atoms with van der Waals surface area (Å²) in [5.74, 6) is 0.765. The van der Waals surface area contributed by atoms with Crippen LogP contribution in [0.5, 0.6) is 0 Å². The van der Waals surface area contributed by atoms with Gasteiger partial charge in [-0.1, -0.05) is 12.1 Å². The summed E-state index contributed by atoms with van der Waals surface area (Å²) in [4.78, 5) is 26.3. The van der Waals surface area contributed by atoms with Crippen LogP contribution in [0.15, 0.2) is 42.6 Å². The molecule has 182 valence electrons. The molecule has 0 bridgehead atoms. The van der Waals surface area contributed by atoms with Gasteiger partial charge < -0.3 is 21.3 Å². The van der Waals surface area contributed by atoms with E-state index in [-0.39, 0.29) is 17.5 Å². The van der Waals surface area contributed by atoms with E-state index in [2.05, 4.69) is 48.4 Å². The Bertz CT molecular complexity index is 1240. The van der Waals surface area contributed by atoms with Crippen LogP contribution in [0.1, 0.15) is 60.3 Å². The summed E-state index contributed by atoms with van der Waals surface area (Å²) in [6.07, 6.45) is 4.30. The Labute approximate surface area is 204 Å². The zero-order valence-electron chi connectivity index (χ0n) is 20.0. The van der Waals surface area contributed by atoms with E-state index >= 15 is 0 Å². The van der Waals surface area contributed by atoms with Crippen LogP contribution in [-0.4, -0.2) is 33.4 Å². The van der Waals surface area contributed by atoms with Crippen molar-refractivity contribution in [3.8, 4) is 0 Å². The zero-order chi connectivity index (χ0) is 24.4. The molecule has 9 heteroatoms. The van der Waals surface area contributed by atoms with Gasteiger partial charge in [0.2, 0.25) is 5.95 Å². The average molecular weight is 476 g/mol. The fourth-order valence-corrected chi connectivity index (χ4v) is 4.35. The number of nitrogens with zero attached hydrogens (tertiary/aromatic N) is 3. The van der Waals surface area contributed by atoms with Crippen molar-refractivity contribution >= 4 is 29.2 Å². The summed E-state index contributed by atoms with van der Waals surface area (Å²) in [7, 11) is 0. The van der Waals surface area contributed by atoms with Crippen molar-refractivity contribution in [1.82, 2.24) is 25.6 Å². The molecule has 2 aromatic heterocycles. The highest BCUT2D eigenvalue weighted by Crippen LogP contribution is 2.44. The number of fused-ring (bicyclic) bond motifs is 1. The second-order valence-corrected chi connectivity index (χ2v) is 9.47. The first-order valence-corrected chi connectivity index (χ1v) is 12.1. The summed E-state index contributed by atoms with van der Waals surface area (Å²) in [5, 5.41) is 12.6. The summed E-state index contributed by atoms with van der Waals surface area (Å²) in [5.41, 5.74) is 2.74. The molecule has 0 saturated heterocycles. The first kappa shape index (κ1) is 23.2. The molecule has 1 aliphatic heterocycles. The van der Waals surface area contributed by atoms with E-state index in [4.69, 9.17) is 0 Å². The molecule has 1 amide bonds. The molecule has 0 spiro atoms. The topological polar surface area (TPSA) is 104 Å². The Kier molecular flexibility index (Phi) is 6.34. The predicted molar refractivity (Wildman–Crippen MR) is 134 cm³/mol. The molecular formula is C26H30FN7O. The second-order valence-electron chi connectivity index (χ2n) is 9.47. The van der Waals surface area contributed by atoms with Crippen LogP contribution in [0.4, 0.5) is 27.7 Å². The predicted octanol–water partition coefficient (Wildman–Crippen LogP) is 4.49. The number of anilines is 4. The molecule has 8 nitrogen and oxygen atoms in total. The molecular weight excluding hydrogens is 445 g/mol. The van der Waals surface area contributed by atoms with Gasteiger partial charge in [0.05, 0.1) is 5.69 Å². The van der Waals surface area contributed by atoms with Crippen LogP contribution in [0.3, 0.4) is 0 Å². The molecule has 3 aromatic rings. The lowest BCUT2D eigenvalue weighted by molar-refractivity contribution is 0.0561. The lowest BCUT2D eigenvalue weighted by Crippen LogP contribution is -2.31. The molecule has 3 heterocycles. The molecule has 35 heavy (non-hydrogen) atoms. The molecule has 1 aliphatic carbocycles. The molecule has 0 atom stereocenters. The number of hydrogen-bond donors (Lipinski definition) is 4. The molecule has 1 fully saturated rings. The van der Waals surface area contributed by atoms with Crippen LogP contribution in [-0.2, 0) is 18.6 Å². The fraction of sp³-hybridized carbons (Fsp3) is 0.385. The maximum absolute atomic E-state index is 14.9. The van der Waals surface area contributed by atoms with Crippen molar-refractivity contribution in [1.29, 1.82) is 0 Å². The number of benzene rings is 1. The highest BCUT2D eigenvalue weighted by molar-refractivity contribution is 5.99. The molecule has 0 radical (unpaired) electrons. The van der Waals surface area contributed by atoms with E-state index in [9.17, 15) is 9.18 Å². The van der Waals surface area contributed by atoms with E-state index in [1.807, 2.05) is 19.9 Å². The molecule has 5 rings (SSSR count). The zero-order valence-corrected chi connectivity index (χ0v) is 20.0. The number of hydrogen-bond acceptors (Lipinski definition) is 7. The van der Waals surface area contributed by atoms with Gasteiger partial charge in [-0.2, -0.15) is 4.98 Å². The molecule has 1 saturated carbocycles. The summed E-state index contributed by atoms with van der Waals surface area (Å²) >= 11 is 0. The van der Waals surface area contributed by atoms with Gasteiger partial charge in [0.1, 0.15) is 17.2 Å².